The molecule has 0 heterocycles. The van der Waals surface area contributed by atoms with Crippen molar-refractivity contribution in [2.75, 3.05) is 18.1 Å². The van der Waals surface area contributed by atoms with E-state index in [1.54, 1.807) is 0 Å². The van der Waals surface area contributed by atoms with Gasteiger partial charge in [-0.1, -0.05) is 32.0 Å². The molecule has 0 aliphatic heterocycles. The number of thioether (sulfide) groups is 1. The minimum Gasteiger partial charge on any atom is -0.325 e. The molecule has 0 saturated carbocycles. The van der Waals surface area contributed by atoms with Crippen LogP contribution in [0.15, 0.2) is 35.3 Å². The third-order valence-electron chi connectivity index (χ3n) is 3.42. The van der Waals surface area contributed by atoms with Crippen molar-refractivity contribution in [3.05, 3.63) is 30.3 Å². The van der Waals surface area contributed by atoms with Crippen molar-refractivity contribution in [1.82, 2.24) is 5.43 Å². The molecule has 0 saturated heterocycles. The molecule has 0 aromatic heterocycles. The summed E-state index contributed by atoms with van der Waals surface area (Å²) in [6.07, 6.45) is 4.33. The Bertz CT molecular complexity index is 379. The van der Waals surface area contributed by atoms with E-state index in [2.05, 4.69) is 35.8 Å². The normalized spacial score (nSPS) is 12.3. The van der Waals surface area contributed by atoms with Gasteiger partial charge in [0.25, 0.3) is 0 Å². The van der Waals surface area contributed by atoms with Gasteiger partial charge < -0.3 is 5.32 Å². The van der Waals surface area contributed by atoms with E-state index in [1.807, 2.05) is 42.1 Å². The van der Waals surface area contributed by atoms with E-state index < -0.39 is 0 Å². The quantitative estimate of drug-likeness (QED) is 0.324. The lowest BCUT2D eigenvalue weighted by Crippen LogP contribution is -2.38. The first-order valence-electron chi connectivity index (χ1n) is 6.58. The summed E-state index contributed by atoms with van der Waals surface area (Å²) in [4.78, 5) is 4.57. The lowest BCUT2D eigenvalue weighted by Gasteiger charge is -2.27. The van der Waals surface area contributed by atoms with Gasteiger partial charge in [-0.05, 0) is 31.2 Å². The van der Waals surface area contributed by atoms with Gasteiger partial charge in [-0.2, -0.15) is 11.8 Å². The largest absolute Gasteiger partial charge is 0.325 e. The molecule has 19 heavy (non-hydrogen) atoms. The Labute approximate surface area is 120 Å². The Morgan fingerprint density at radius 1 is 1.26 bits per heavy atom. The van der Waals surface area contributed by atoms with Gasteiger partial charge in [-0.3, -0.25) is 10.4 Å². The van der Waals surface area contributed by atoms with Crippen LogP contribution in [0.4, 0.5) is 5.69 Å². The van der Waals surface area contributed by atoms with Gasteiger partial charge >= 0.3 is 0 Å². The fourth-order valence-electron chi connectivity index (χ4n) is 1.83. The lowest BCUT2D eigenvalue weighted by molar-refractivity contribution is 0.560. The Morgan fingerprint density at radius 2 is 1.89 bits per heavy atom. The second-order valence-corrected chi connectivity index (χ2v) is 5.67. The van der Waals surface area contributed by atoms with Gasteiger partial charge in [-0.25, -0.2) is 5.84 Å². The van der Waals surface area contributed by atoms with Crippen LogP contribution in [0, 0.1) is 0 Å². The maximum absolute atomic E-state index is 5.52. The van der Waals surface area contributed by atoms with Crippen molar-refractivity contribution in [1.29, 1.82) is 0 Å². The summed E-state index contributed by atoms with van der Waals surface area (Å²) in [7, 11) is 0. The SMILES string of the molecule is CCC(CC)(CN=C(NN)Nc1ccccc1)SC. The molecule has 1 aromatic carbocycles. The number of anilines is 1. The zero-order valence-electron chi connectivity index (χ0n) is 11.9. The number of nitrogens with zero attached hydrogens (tertiary/aromatic N) is 1. The third kappa shape index (κ3) is 4.76. The maximum Gasteiger partial charge on any atom is 0.210 e. The summed E-state index contributed by atoms with van der Waals surface area (Å²) < 4.78 is 0.195. The molecular formula is C14H24N4S. The highest BCUT2D eigenvalue weighted by atomic mass is 32.2. The van der Waals surface area contributed by atoms with Crippen molar-refractivity contribution in [3.63, 3.8) is 0 Å². The van der Waals surface area contributed by atoms with Crippen LogP contribution in [0.1, 0.15) is 26.7 Å². The van der Waals surface area contributed by atoms with E-state index in [4.69, 9.17) is 5.84 Å². The molecule has 106 valence electrons. The number of nitrogens with one attached hydrogen (secondary N) is 2. The summed E-state index contributed by atoms with van der Waals surface area (Å²) in [5.41, 5.74) is 3.60. The topological polar surface area (TPSA) is 62.4 Å². The number of guanidine groups is 1. The van der Waals surface area contributed by atoms with E-state index in [-0.39, 0.29) is 4.75 Å². The maximum atomic E-state index is 5.52. The molecule has 4 nitrogen and oxygen atoms in total. The fraction of sp³-hybridized carbons (Fsp3) is 0.500. The molecule has 5 heteroatoms. The number of aliphatic imine (C=N–C) groups is 1. The number of para-hydroxylation sites is 1. The summed E-state index contributed by atoms with van der Waals surface area (Å²) >= 11 is 1.87. The minimum absolute atomic E-state index is 0.195. The number of hydrazine groups is 1. The molecule has 0 unspecified atom stereocenters. The molecule has 0 atom stereocenters. The number of benzene rings is 1. The third-order valence-corrected chi connectivity index (χ3v) is 4.99. The average Bonchev–Trinajstić information content (AvgIpc) is 2.49. The minimum atomic E-state index is 0.195. The van der Waals surface area contributed by atoms with Crippen LogP contribution in [0.5, 0.6) is 0 Å². The van der Waals surface area contributed by atoms with Crippen molar-refractivity contribution < 1.29 is 0 Å². The molecule has 1 rings (SSSR count). The zero-order valence-corrected chi connectivity index (χ0v) is 12.8. The molecule has 0 amide bonds. The molecule has 4 N–H and O–H groups in total. The van der Waals surface area contributed by atoms with Crippen LogP contribution < -0.4 is 16.6 Å². The highest BCUT2D eigenvalue weighted by molar-refractivity contribution is 8.00. The van der Waals surface area contributed by atoms with Gasteiger partial charge in [0.2, 0.25) is 5.96 Å². The summed E-state index contributed by atoms with van der Waals surface area (Å²) in [6.45, 7) is 5.16. The van der Waals surface area contributed by atoms with Gasteiger partial charge in [0, 0.05) is 10.4 Å². The van der Waals surface area contributed by atoms with Crippen molar-refractivity contribution in [3.8, 4) is 0 Å². The Kier molecular flexibility index (Phi) is 6.73. The van der Waals surface area contributed by atoms with Gasteiger partial charge in [0.05, 0.1) is 6.54 Å². The second kappa shape index (κ2) is 8.07. The molecule has 0 aliphatic carbocycles. The Hall–Kier alpha value is -1.20. The molecule has 0 radical (unpaired) electrons. The molecular weight excluding hydrogens is 256 g/mol. The number of hydrogen-bond donors (Lipinski definition) is 3. The highest BCUT2D eigenvalue weighted by Crippen LogP contribution is 2.30. The summed E-state index contributed by atoms with van der Waals surface area (Å²) in [6, 6.07) is 9.88. The number of rotatable bonds is 6. The van der Waals surface area contributed by atoms with E-state index >= 15 is 0 Å². The average molecular weight is 280 g/mol. The van der Waals surface area contributed by atoms with Gasteiger partial charge in [0.15, 0.2) is 0 Å². The van der Waals surface area contributed by atoms with Gasteiger partial charge in [-0.15, -0.1) is 0 Å². The number of nitrogens with two attached hydrogens (primary N) is 1. The molecule has 0 bridgehead atoms. The highest BCUT2D eigenvalue weighted by Gasteiger charge is 2.24. The smallest absolute Gasteiger partial charge is 0.210 e. The Morgan fingerprint density at radius 3 is 2.37 bits per heavy atom. The zero-order chi connectivity index (χ0) is 14.1. The molecule has 0 fully saturated rings. The standard InChI is InChI=1S/C14H24N4S/c1-4-14(5-2,19-3)11-16-13(18-15)17-12-9-7-6-8-10-12/h6-10H,4-5,11,15H2,1-3H3,(H2,16,17,18). The monoisotopic (exact) mass is 280 g/mol. The van der Waals surface area contributed by atoms with Crippen LogP contribution >= 0.6 is 11.8 Å². The molecule has 1 aromatic rings. The lowest BCUT2D eigenvalue weighted by atomic mass is 10.0. The summed E-state index contributed by atoms with van der Waals surface area (Å²) in [5, 5.41) is 3.18. The van der Waals surface area contributed by atoms with Gasteiger partial charge in [0.1, 0.15) is 0 Å². The van der Waals surface area contributed by atoms with Crippen LogP contribution in [0.3, 0.4) is 0 Å². The van der Waals surface area contributed by atoms with E-state index in [0.717, 1.165) is 25.1 Å². The molecule has 0 aliphatic rings. The first kappa shape index (κ1) is 15.9. The Balaban J connectivity index is 2.71. The van der Waals surface area contributed by atoms with Crippen LogP contribution in [0.25, 0.3) is 0 Å². The van der Waals surface area contributed by atoms with Crippen molar-refractivity contribution >= 4 is 23.4 Å². The second-order valence-electron chi connectivity index (χ2n) is 4.39. The van der Waals surface area contributed by atoms with Crippen molar-refractivity contribution in [2.45, 2.75) is 31.4 Å². The first-order valence-corrected chi connectivity index (χ1v) is 7.80. The van der Waals surface area contributed by atoms with E-state index in [9.17, 15) is 0 Å². The van der Waals surface area contributed by atoms with Crippen LogP contribution in [-0.2, 0) is 0 Å². The summed E-state index contributed by atoms with van der Waals surface area (Å²) in [5.74, 6) is 6.13. The van der Waals surface area contributed by atoms with E-state index in [0.29, 0.717) is 5.96 Å². The van der Waals surface area contributed by atoms with E-state index in [1.165, 1.54) is 0 Å². The fourth-order valence-corrected chi connectivity index (χ4v) is 2.60. The van der Waals surface area contributed by atoms with Crippen molar-refractivity contribution in [2.24, 2.45) is 10.8 Å². The predicted molar refractivity (Wildman–Crippen MR) is 86.5 cm³/mol. The predicted octanol–water partition coefficient (Wildman–Crippen LogP) is 2.84. The number of hydrogen-bond acceptors (Lipinski definition) is 3. The van der Waals surface area contributed by atoms with Crippen LogP contribution in [0.2, 0.25) is 0 Å². The molecule has 0 spiro atoms. The first-order chi connectivity index (χ1) is 9.19. The van der Waals surface area contributed by atoms with Crippen LogP contribution in [-0.4, -0.2) is 23.5 Å².